The molecule has 3 atom stereocenters. The summed E-state index contributed by atoms with van der Waals surface area (Å²) in [7, 11) is 0. The van der Waals surface area contributed by atoms with E-state index in [-0.39, 0.29) is 11.8 Å². The molecule has 2 aromatic carbocycles. The van der Waals surface area contributed by atoms with Crippen molar-refractivity contribution in [2.75, 3.05) is 13.2 Å². The van der Waals surface area contributed by atoms with Gasteiger partial charge in [0.1, 0.15) is 6.04 Å². The largest absolute Gasteiger partial charge is 0.490 e. The molecule has 4 heterocycles. The van der Waals surface area contributed by atoms with Crippen LogP contribution in [-0.4, -0.2) is 52.0 Å². The number of hydrogen-bond acceptors (Lipinski definition) is 5. The second kappa shape index (κ2) is 6.11. The highest BCUT2D eigenvalue weighted by atomic mass is 16.5. The van der Waals surface area contributed by atoms with Crippen molar-refractivity contribution in [3.05, 3.63) is 65.2 Å². The molecule has 0 radical (unpaired) electrons. The molecule has 158 valence electrons. The van der Waals surface area contributed by atoms with E-state index in [1.165, 1.54) is 4.90 Å². The van der Waals surface area contributed by atoms with Gasteiger partial charge in [0.05, 0.1) is 19.3 Å². The van der Waals surface area contributed by atoms with Crippen LogP contribution in [0.15, 0.2) is 43.0 Å². The Kier molecular flexibility index (Phi) is 3.63. The molecule has 0 saturated carbocycles. The molecule has 0 aromatic heterocycles. The Morgan fingerprint density at radius 3 is 2.58 bits per heavy atom. The van der Waals surface area contributed by atoms with Crippen LogP contribution in [0, 0.1) is 0 Å². The Hall–Kier alpha value is -3.32. The van der Waals surface area contributed by atoms with Crippen molar-refractivity contribution in [2.24, 2.45) is 0 Å². The van der Waals surface area contributed by atoms with E-state index < -0.39 is 17.8 Å². The number of amides is 2. The van der Waals surface area contributed by atoms with E-state index in [0.29, 0.717) is 48.0 Å². The van der Waals surface area contributed by atoms with E-state index >= 15 is 0 Å². The zero-order valence-electron chi connectivity index (χ0n) is 17.1. The number of ether oxygens (including phenoxy) is 2. The standard InChI is InChI=1S/C24H22N2O5/c1-13-17-12-20-19(30-8-5-9-31-20)10-15(17)11-21-24(29)18-7-4-3-6-16(18)23(28)26(24)14(2)22(27)25(13)21/h3-4,6-7,10,12,14,21,29H,1,5,8-9,11H2,2H3. The summed E-state index contributed by atoms with van der Waals surface area (Å²) in [6, 6.07) is 9.31. The van der Waals surface area contributed by atoms with Crippen LogP contribution in [0.2, 0.25) is 0 Å². The first-order valence-electron chi connectivity index (χ1n) is 10.5. The topological polar surface area (TPSA) is 79.3 Å². The summed E-state index contributed by atoms with van der Waals surface area (Å²) in [5.74, 6) is 0.710. The number of hydrogen-bond donors (Lipinski definition) is 1. The second-order valence-electron chi connectivity index (χ2n) is 8.50. The molecule has 0 aliphatic carbocycles. The Morgan fingerprint density at radius 1 is 1.10 bits per heavy atom. The van der Waals surface area contributed by atoms with Crippen molar-refractivity contribution < 1.29 is 24.2 Å². The Morgan fingerprint density at radius 2 is 1.81 bits per heavy atom. The summed E-state index contributed by atoms with van der Waals surface area (Å²) in [4.78, 5) is 29.5. The van der Waals surface area contributed by atoms with Crippen LogP contribution in [0.4, 0.5) is 0 Å². The Labute approximate surface area is 179 Å². The smallest absolute Gasteiger partial charge is 0.257 e. The van der Waals surface area contributed by atoms with Gasteiger partial charge in [0.25, 0.3) is 5.91 Å². The van der Waals surface area contributed by atoms with Crippen molar-refractivity contribution in [3.8, 4) is 11.5 Å². The average molecular weight is 418 g/mol. The first-order chi connectivity index (χ1) is 14.9. The molecule has 7 heteroatoms. The van der Waals surface area contributed by atoms with E-state index in [2.05, 4.69) is 6.58 Å². The van der Waals surface area contributed by atoms with E-state index in [9.17, 15) is 14.7 Å². The lowest BCUT2D eigenvalue weighted by Gasteiger charge is -2.54. The molecular formula is C24H22N2O5. The van der Waals surface area contributed by atoms with Crippen molar-refractivity contribution >= 4 is 17.5 Å². The van der Waals surface area contributed by atoms with E-state index in [4.69, 9.17) is 9.47 Å². The second-order valence-corrected chi connectivity index (χ2v) is 8.50. The quantitative estimate of drug-likeness (QED) is 0.710. The van der Waals surface area contributed by atoms with E-state index in [1.54, 1.807) is 36.1 Å². The predicted molar refractivity (Wildman–Crippen MR) is 111 cm³/mol. The summed E-state index contributed by atoms with van der Waals surface area (Å²) in [5, 5.41) is 12.1. The van der Waals surface area contributed by atoms with Gasteiger partial charge in [-0.2, -0.15) is 0 Å². The molecule has 4 aliphatic heterocycles. The van der Waals surface area contributed by atoms with Gasteiger partial charge in [0, 0.05) is 28.8 Å². The van der Waals surface area contributed by atoms with Gasteiger partial charge in [-0.15, -0.1) is 0 Å². The number of aliphatic hydroxyl groups is 1. The molecule has 3 unspecified atom stereocenters. The Balaban J connectivity index is 1.54. The van der Waals surface area contributed by atoms with Crippen LogP contribution in [0.5, 0.6) is 11.5 Å². The van der Waals surface area contributed by atoms with Crippen LogP contribution < -0.4 is 9.47 Å². The summed E-state index contributed by atoms with van der Waals surface area (Å²) in [5.41, 5.74) is 1.54. The fourth-order valence-corrected chi connectivity index (χ4v) is 5.44. The van der Waals surface area contributed by atoms with Crippen LogP contribution in [0.3, 0.4) is 0 Å². The first-order valence-corrected chi connectivity index (χ1v) is 10.5. The van der Waals surface area contributed by atoms with E-state index in [1.807, 2.05) is 12.1 Å². The van der Waals surface area contributed by atoms with Crippen LogP contribution in [0.1, 0.15) is 40.4 Å². The third-order valence-corrected chi connectivity index (χ3v) is 6.89. The van der Waals surface area contributed by atoms with Gasteiger partial charge in [-0.25, -0.2) is 0 Å². The van der Waals surface area contributed by atoms with Gasteiger partial charge in [-0.05, 0) is 37.1 Å². The maximum atomic E-state index is 13.4. The SMILES string of the molecule is C=C1c2cc3c(cc2CC2N1C(=O)C(C)N1C(=O)c4ccccc4C21O)OCCCO3. The van der Waals surface area contributed by atoms with Crippen LogP contribution in [-0.2, 0) is 16.9 Å². The lowest BCUT2D eigenvalue weighted by atomic mass is 9.80. The third-order valence-electron chi connectivity index (χ3n) is 6.89. The highest BCUT2D eigenvalue weighted by Crippen LogP contribution is 2.51. The molecule has 1 fully saturated rings. The zero-order chi connectivity index (χ0) is 21.5. The van der Waals surface area contributed by atoms with Gasteiger partial charge in [0.2, 0.25) is 5.91 Å². The number of piperazine rings is 1. The molecule has 2 aromatic rings. The highest BCUT2D eigenvalue weighted by Gasteiger charge is 2.63. The number of benzene rings is 2. The first kappa shape index (κ1) is 18.4. The summed E-state index contributed by atoms with van der Waals surface area (Å²) in [6.07, 6.45) is 1.15. The fourth-order valence-electron chi connectivity index (χ4n) is 5.44. The maximum Gasteiger partial charge on any atom is 0.257 e. The molecule has 1 N–H and O–H groups in total. The predicted octanol–water partition coefficient (Wildman–Crippen LogP) is 2.28. The minimum Gasteiger partial charge on any atom is -0.490 e. The van der Waals surface area contributed by atoms with Crippen molar-refractivity contribution in [3.63, 3.8) is 0 Å². The van der Waals surface area contributed by atoms with Crippen LogP contribution >= 0.6 is 0 Å². The molecule has 1 saturated heterocycles. The minimum atomic E-state index is -1.63. The van der Waals surface area contributed by atoms with Gasteiger partial charge in [0.15, 0.2) is 17.2 Å². The summed E-state index contributed by atoms with van der Waals surface area (Å²) in [6.45, 7) is 7.00. The van der Waals surface area contributed by atoms with Crippen molar-refractivity contribution in [1.29, 1.82) is 0 Å². The maximum absolute atomic E-state index is 13.4. The number of nitrogens with zero attached hydrogens (tertiary/aromatic N) is 2. The lowest BCUT2D eigenvalue weighted by molar-refractivity contribution is -0.189. The average Bonchev–Trinajstić information content (AvgIpc) is 2.89. The van der Waals surface area contributed by atoms with Crippen molar-refractivity contribution in [1.82, 2.24) is 9.80 Å². The van der Waals surface area contributed by atoms with Gasteiger partial charge >= 0.3 is 0 Å². The van der Waals surface area contributed by atoms with Gasteiger partial charge in [-0.1, -0.05) is 24.8 Å². The third kappa shape index (κ3) is 2.21. The normalized spacial score (nSPS) is 28.5. The molecular weight excluding hydrogens is 396 g/mol. The molecule has 6 rings (SSSR count). The summed E-state index contributed by atoms with van der Waals surface area (Å²) < 4.78 is 11.7. The number of carbonyl (C=O) groups is 2. The fraction of sp³-hybridized carbons (Fsp3) is 0.333. The monoisotopic (exact) mass is 418 g/mol. The van der Waals surface area contributed by atoms with Gasteiger partial charge < -0.3 is 19.5 Å². The lowest BCUT2D eigenvalue weighted by Crippen LogP contribution is -2.70. The molecule has 0 spiro atoms. The molecule has 31 heavy (non-hydrogen) atoms. The molecule has 0 bridgehead atoms. The molecule has 7 nitrogen and oxygen atoms in total. The molecule has 2 amide bonds. The number of rotatable bonds is 0. The van der Waals surface area contributed by atoms with E-state index in [0.717, 1.165) is 17.5 Å². The highest BCUT2D eigenvalue weighted by molar-refractivity contribution is 6.05. The minimum absolute atomic E-state index is 0.251. The Bertz CT molecular complexity index is 1170. The number of fused-ring (bicyclic) bond motifs is 7. The van der Waals surface area contributed by atoms with Gasteiger partial charge in [-0.3, -0.25) is 14.5 Å². The summed E-state index contributed by atoms with van der Waals surface area (Å²) >= 11 is 0. The van der Waals surface area contributed by atoms with Crippen LogP contribution in [0.25, 0.3) is 5.70 Å². The van der Waals surface area contributed by atoms with Crippen molar-refractivity contribution in [2.45, 2.75) is 37.6 Å². The zero-order valence-corrected chi connectivity index (χ0v) is 17.1. The number of carbonyl (C=O) groups excluding carboxylic acids is 2. The molecule has 4 aliphatic rings.